The molecule has 1 fully saturated rings. The van der Waals surface area contributed by atoms with Gasteiger partial charge in [-0.2, -0.15) is 4.98 Å². The molecule has 1 N–H and O–H groups in total. The molecule has 0 radical (unpaired) electrons. The quantitative estimate of drug-likeness (QED) is 0.917. The van der Waals surface area contributed by atoms with E-state index in [-0.39, 0.29) is 12.1 Å². The van der Waals surface area contributed by atoms with Gasteiger partial charge in [0.1, 0.15) is 0 Å². The minimum atomic E-state index is -0.280. The molecular formula is C18H25N3O2. The standard InChI is InChI=1S/C18H25N3O2/c1-12-7-4-5-9-16(12)17-19-18(23-20-17)14(3)21-10-6-8-15(21)11-13(2)22/h4-5,7,9,13-15,22H,6,8,10-11H2,1-3H3. The number of aliphatic hydroxyl groups excluding tert-OH is 1. The molecule has 1 aromatic carbocycles. The Morgan fingerprint density at radius 3 is 2.87 bits per heavy atom. The largest absolute Gasteiger partial charge is 0.393 e. The van der Waals surface area contributed by atoms with E-state index >= 15 is 0 Å². The summed E-state index contributed by atoms with van der Waals surface area (Å²) in [6.45, 7) is 7.02. The molecule has 5 nitrogen and oxygen atoms in total. The van der Waals surface area contributed by atoms with Gasteiger partial charge in [-0.1, -0.05) is 29.4 Å². The first-order valence-electron chi connectivity index (χ1n) is 8.39. The Morgan fingerprint density at radius 2 is 2.13 bits per heavy atom. The Morgan fingerprint density at radius 1 is 1.35 bits per heavy atom. The Labute approximate surface area is 137 Å². The molecule has 0 bridgehead atoms. The fraction of sp³-hybridized carbons (Fsp3) is 0.556. The SMILES string of the molecule is Cc1ccccc1-c1noc(C(C)N2CCCC2CC(C)O)n1. The maximum atomic E-state index is 9.69. The van der Waals surface area contributed by atoms with Crippen LogP contribution >= 0.6 is 0 Å². The summed E-state index contributed by atoms with van der Waals surface area (Å²) in [5.41, 5.74) is 2.15. The number of hydrogen-bond acceptors (Lipinski definition) is 5. The Bertz CT molecular complexity index is 653. The zero-order valence-corrected chi connectivity index (χ0v) is 14.1. The van der Waals surface area contributed by atoms with Gasteiger partial charge in [-0.3, -0.25) is 4.90 Å². The van der Waals surface area contributed by atoms with Crippen LogP contribution in [-0.4, -0.2) is 38.8 Å². The maximum Gasteiger partial charge on any atom is 0.244 e. The maximum absolute atomic E-state index is 9.69. The highest BCUT2D eigenvalue weighted by molar-refractivity contribution is 5.58. The first kappa shape index (κ1) is 16.1. The van der Waals surface area contributed by atoms with Crippen LogP contribution in [-0.2, 0) is 0 Å². The predicted octanol–water partition coefficient (Wildman–Crippen LogP) is 3.34. The van der Waals surface area contributed by atoms with Crippen molar-refractivity contribution in [1.29, 1.82) is 0 Å². The van der Waals surface area contributed by atoms with Crippen molar-refractivity contribution in [3.05, 3.63) is 35.7 Å². The van der Waals surface area contributed by atoms with Crippen LogP contribution in [0.3, 0.4) is 0 Å². The minimum absolute atomic E-state index is 0.0755. The van der Waals surface area contributed by atoms with Gasteiger partial charge in [-0.25, -0.2) is 0 Å². The lowest BCUT2D eigenvalue weighted by atomic mass is 10.1. The van der Waals surface area contributed by atoms with Gasteiger partial charge in [0, 0.05) is 11.6 Å². The lowest BCUT2D eigenvalue weighted by Crippen LogP contribution is -2.34. The van der Waals surface area contributed by atoms with Crippen molar-refractivity contribution in [2.45, 2.75) is 58.2 Å². The molecule has 23 heavy (non-hydrogen) atoms. The summed E-state index contributed by atoms with van der Waals surface area (Å²) in [5, 5.41) is 13.9. The molecule has 3 atom stereocenters. The van der Waals surface area contributed by atoms with Crippen LogP contribution in [0.2, 0.25) is 0 Å². The number of hydrogen-bond donors (Lipinski definition) is 1. The molecule has 2 heterocycles. The Balaban J connectivity index is 1.78. The van der Waals surface area contributed by atoms with Gasteiger partial charge in [-0.15, -0.1) is 0 Å². The molecular weight excluding hydrogens is 290 g/mol. The fourth-order valence-electron chi connectivity index (χ4n) is 3.49. The summed E-state index contributed by atoms with van der Waals surface area (Å²) in [6.07, 6.45) is 2.79. The van der Waals surface area contributed by atoms with E-state index in [1.807, 2.05) is 38.1 Å². The van der Waals surface area contributed by atoms with Crippen LogP contribution in [0.4, 0.5) is 0 Å². The van der Waals surface area contributed by atoms with Crippen LogP contribution in [0.1, 0.15) is 50.6 Å². The van der Waals surface area contributed by atoms with Crippen LogP contribution in [0.25, 0.3) is 11.4 Å². The molecule has 1 saturated heterocycles. The third-order valence-electron chi connectivity index (χ3n) is 4.72. The Hall–Kier alpha value is -1.72. The van der Waals surface area contributed by atoms with E-state index in [2.05, 4.69) is 22.0 Å². The van der Waals surface area contributed by atoms with Gasteiger partial charge in [0.2, 0.25) is 11.7 Å². The van der Waals surface area contributed by atoms with Gasteiger partial charge < -0.3 is 9.63 Å². The van der Waals surface area contributed by atoms with Gasteiger partial charge in [0.15, 0.2) is 0 Å². The number of rotatable bonds is 5. The summed E-state index contributed by atoms with van der Waals surface area (Å²) < 4.78 is 5.54. The van der Waals surface area contributed by atoms with Crippen LogP contribution in [0, 0.1) is 6.92 Å². The average molecular weight is 315 g/mol. The molecule has 124 valence electrons. The molecule has 0 aliphatic carbocycles. The van der Waals surface area contributed by atoms with E-state index in [0.717, 1.165) is 36.9 Å². The zero-order chi connectivity index (χ0) is 16.4. The Kier molecular flexibility index (Phi) is 4.78. The van der Waals surface area contributed by atoms with Crippen molar-refractivity contribution in [1.82, 2.24) is 15.0 Å². The van der Waals surface area contributed by atoms with Crippen molar-refractivity contribution >= 4 is 0 Å². The molecule has 1 aromatic heterocycles. The average Bonchev–Trinajstić information content (AvgIpc) is 3.16. The monoisotopic (exact) mass is 315 g/mol. The van der Waals surface area contributed by atoms with Crippen molar-refractivity contribution < 1.29 is 9.63 Å². The number of aromatic nitrogens is 2. The first-order chi connectivity index (χ1) is 11.1. The molecule has 0 saturated carbocycles. The second-order valence-corrected chi connectivity index (χ2v) is 6.57. The lowest BCUT2D eigenvalue weighted by Gasteiger charge is -2.29. The third kappa shape index (κ3) is 3.46. The van der Waals surface area contributed by atoms with Crippen LogP contribution in [0.5, 0.6) is 0 Å². The van der Waals surface area contributed by atoms with Crippen molar-refractivity contribution in [3.63, 3.8) is 0 Å². The summed E-state index contributed by atoms with van der Waals surface area (Å²) in [5.74, 6) is 1.30. The van der Waals surface area contributed by atoms with Gasteiger partial charge in [-0.05, 0) is 52.1 Å². The molecule has 0 spiro atoms. The summed E-state index contributed by atoms with van der Waals surface area (Å²) in [6, 6.07) is 8.52. The second kappa shape index (κ2) is 6.81. The van der Waals surface area contributed by atoms with Crippen molar-refractivity contribution in [3.8, 4) is 11.4 Å². The molecule has 5 heteroatoms. The van der Waals surface area contributed by atoms with Crippen molar-refractivity contribution in [2.24, 2.45) is 0 Å². The predicted molar refractivity (Wildman–Crippen MR) is 88.9 cm³/mol. The highest BCUT2D eigenvalue weighted by Gasteiger charge is 2.32. The van der Waals surface area contributed by atoms with E-state index < -0.39 is 0 Å². The van der Waals surface area contributed by atoms with Crippen molar-refractivity contribution in [2.75, 3.05) is 6.54 Å². The molecule has 3 unspecified atom stereocenters. The molecule has 3 rings (SSSR count). The summed E-state index contributed by atoms with van der Waals surface area (Å²) in [7, 11) is 0. The molecule has 1 aliphatic heterocycles. The molecule has 0 amide bonds. The number of nitrogens with zero attached hydrogens (tertiary/aromatic N) is 3. The molecule has 1 aliphatic rings. The van der Waals surface area contributed by atoms with E-state index in [9.17, 15) is 5.11 Å². The molecule has 2 aromatic rings. The van der Waals surface area contributed by atoms with E-state index in [1.165, 1.54) is 0 Å². The number of aryl methyl sites for hydroxylation is 1. The summed E-state index contributed by atoms with van der Waals surface area (Å²) >= 11 is 0. The normalized spacial score (nSPS) is 21.5. The lowest BCUT2D eigenvalue weighted by molar-refractivity contribution is 0.102. The van der Waals surface area contributed by atoms with E-state index in [0.29, 0.717) is 17.8 Å². The fourth-order valence-corrected chi connectivity index (χ4v) is 3.49. The zero-order valence-electron chi connectivity index (χ0n) is 14.1. The second-order valence-electron chi connectivity index (χ2n) is 6.57. The van der Waals surface area contributed by atoms with Gasteiger partial charge >= 0.3 is 0 Å². The number of benzene rings is 1. The minimum Gasteiger partial charge on any atom is -0.393 e. The first-order valence-corrected chi connectivity index (χ1v) is 8.39. The van der Waals surface area contributed by atoms with E-state index in [4.69, 9.17) is 4.52 Å². The highest BCUT2D eigenvalue weighted by Crippen LogP contribution is 2.31. The topological polar surface area (TPSA) is 62.4 Å². The van der Waals surface area contributed by atoms with E-state index in [1.54, 1.807) is 0 Å². The summed E-state index contributed by atoms with van der Waals surface area (Å²) in [4.78, 5) is 6.99. The number of aliphatic hydroxyl groups is 1. The number of likely N-dealkylation sites (tertiary alicyclic amines) is 1. The van der Waals surface area contributed by atoms with Gasteiger partial charge in [0.25, 0.3) is 0 Å². The van der Waals surface area contributed by atoms with Gasteiger partial charge in [0.05, 0.1) is 12.1 Å². The van der Waals surface area contributed by atoms with Crippen LogP contribution < -0.4 is 0 Å². The third-order valence-corrected chi connectivity index (χ3v) is 4.72. The highest BCUT2D eigenvalue weighted by atomic mass is 16.5. The van der Waals surface area contributed by atoms with Crippen LogP contribution in [0.15, 0.2) is 28.8 Å². The smallest absolute Gasteiger partial charge is 0.244 e.